The summed E-state index contributed by atoms with van der Waals surface area (Å²) in [5, 5.41) is 13.2. The van der Waals surface area contributed by atoms with Gasteiger partial charge in [-0.15, -0.1) is 0 Å². The molecule has 100 valence electrons. The van der Waals surface area contributed by atoms with Crippen LogP contribution in [0.25, 0.3) is 0 Å². The third-order valence-electron chi connectivity index (χ3n) is 4.59. The standard InChI is InChI=1S/C14H28N2O/c1-2-15-14(12-17)8-7-13(11-14)16-9-5-3-4-6-10-16/h13,15,17H,2-12H2,1H3. The Hall–Kier alpha value is -0.120. The first-order chi connectivity index (χ1) is 8.29. The van der Waals surface area contributed by atoms with Crippen molar-refractivity contribution in [3.8, 4) is 0 Å². The number of aliphatic hydroxyl groups is 1. The Kier molecular flexibility index (Phi) is 4.83. The molecule has 1 saturated heterocycles. The summed E-state index contributed by atoms with van der Waals surface area (Å²) >= 11 is 0. The second kappa shape index (κ2) is 6.17. The zero-order valence-electron chi connectivity index (χ0n) is 11.2. The second-order valence-electron chi connectivity index (χ2n) is 5.82. The molecule has 2 aliphatic rings. The maximum Gasteiger partial charge on any atom is 0.0613 e. The minimum atomic E-state index is 0.0196. The van der Waals surface area contributed by atoms with Crippen LogP contribution >= 0.6 is 0 Å². The maximum atomic E-state index is 9.64. The summed E-state index contributed by atoms with van der Waals surface area (Å²) < 4.78 is 0. The van der Waals surface area contributed by atoms with Crippen LogP contribution in [0.2, 0.25) is 0 Å². The molecule has 2 fully saturated rings. The first kappa shape index (κ1) is 13.3. The van der Waals surface area contributed by atoms with Gasteiger partial charge in [-0.2, -0.15) is 0 Å². The molecule has 1 heterocycles. The van der Waals surface area contributed by atoms with Crippen molar-refractivity contribution in [2.75, 3.05) is 26.2 Å². The van der Waals surface area contributed by atoms with Crippen LogP contribution in [-0.2, 0) is 0 Å². The minimum absolute atomic E-state index is 0.0196. The van der Waals surface area contributed by atoms with Crippen LogP contribution in [0.5, 0.6) is 0 Å². The van der Waals surface area contributed by atoms with Crippen LogP contribution in [-0.4, -0.2) is 47.8 Å². The Morgan fingerprint density at radius 1 is 1.24 bits per heavy atom. The van der Waals surface area contributed by atoms with Gasteiger partial charge in [0.2, 0.25) is 0 Å². The molecule has 1 aliphatic carbocycles. The van der Waals surface area contributed by atoms with Crippen molar-refractivity contribution >= 4 is 0 Å². The molecule has 2 atom stereocenters. The number of likely N-dealkylation sites (N-methyl/N-ethyl adjacent to an activating group) is 1. The normalized spacial score (nSPS) is 36.0. The van der Waals surface area contributed by atoms with E-state index < -0.39 is 0 Å². The van der Waals surface area contributed by atoms with Crippen LogP contribution in [0, 0.1) is 0 Å². The smallest absolute Gasteiger partial charge is 0.0613 e. The fraction of sp³-hybridized carbons (Fsp3) is 1.00. The zero-order valence-corrected chi connectivity index (χ0v) is 11.2. The largest absolute Gasteiger partial charge is 0.394 e. The fourth-order valence-electron chi connectivity index (χ4n) is 3.61. The molecular formula is C14H28N2O. The van der Waals surface area contributed by atoms with E-state index in [0.29, 0.717) is 12.6 Å². The fourth-order valence-corrected chi connectivity index (χ4v) is 3.61. The second-order valence-corrected chi connectivity index (χ2v) is 5.82. The SMILES string of the molecule is CCNC1(CO)CCC(N2CCCCCC2)C1. The van der Waals surface area contributed by atoms with Gasteiger partial charge in [0.15, 0.2) is 0 Å². The first-order valence-corrected chi connectivity index (χ1v) is 7.39. The van der Waals surface area contributed by atoms with E-state index in [1.54, 1.807) is 0 Å². The van der Waals surface area contributed by atoms with E-state index >= 15 is 0 Å². The van der Waals surface area contributed by atoms with E-state index in [1.165, 1.54) is 45.2 Å². The summed E-state index contributed by atoms with van der Waals surface area (Å²) in [6.45, 7) is 5.95. The summed E-state index contributed by atoms with van der Waals surface area (Å²) in [5.41, 5.74) is 0.0196. The van der Waals surface area contributed by atoms with Crippen LogP contribution < -0.4 is 5.32 Å². The highest BCUT2D eigenvalue weighted by Crippen LogP contribution is 2.33. The molecule has 0 bridgehead atoms. The molecular weight excluding hydrogens is 212 g/mol. The van der Waals surface area contributed by atoms with E-state index in [4.69, 9.17) is 0 Å². The van der Waals surface area contributed by atoms with Gasteiger partial charge in [0, 0.05) is 11.6 Å². The molecule has 3 nitrogen and oxygen atoms in total. The lowest BCUT2D eigenvalue weighted by Gasteiger charge is -2.31. The van der Waals surface area contributed by atoms with Crippen molar-refractivity contribution < 1.29 is 5.11 Å². The van der Waals surface area contributed by atoms with Crippen molar-refractivity contribution in [1.82, 2.24) is 10.2 Å². The molecule has 0 aromatic carbocycles. The van der Waals surface area contributed by atoms with Crippen LogP contribution in [0.3, 0.4) is 0 Å². The summed E-state index contributed by atoms with van der Waals surface area (Å²) in [6.07, 6.45) is 9.07. The summed E-state index contributed by atoms with van der Waals surface area (Å²) in [4.78, 5) is 2.68. The Balaban J connectivity index is 1.90. The summed E-state index contributed by atoms with van der Waals surface area (Å²) in [5.74, 6) is 0. The average Bonchev–Trinajstić information content (AvgIpc) is 2.60. The van der Waals surface area contributed by atoms with Crippen molar-refractivity contribution in [1.29, 1.82) is 0 Å². The highest BCUT2D eigenvalue weighted by molar-refractivity contribution is 4.99. The molecule has 0 aromatic heterocycles. The van der Waals surface area contributed by atoms with Crippen LogP contribution in [0.4, 0.5) is 0 Å². The molecule has 0 amide bonds. The zero-order chi connectivity index (χ0) is 12.1. The number of hydrogen-bond acceptors (Lipinski definition) is 3. The molecule has 2 rings (SSSR count). The van der Waals surface area contributed by atoms with Gasteiger partial charge in [-0.25, -0.2) is 0 Å². The van der Waals surface area contributed by atoms with E-state index in [1.807, 2.05) is 0 Å². The van der Waals surface area contributed by atoms with E-state index in [9.17, 15) is 5.11 Å². The number of nitrogens with zero attached hydrogens (tertiary/aromatic N) is 1. The van der Waals surface area contributed by atoms with E-state index in [2.05, 4.69) is 17.1 Å². The number of likely N-dealkylation sites (tertiary alicyclic amines) is 1. The molecule has 0 spiro atoms. The van der Waals surface area contributed by atoms with Gasteiger partial charge < -0.3 is 15.3 Å². The number of hydrogen-bond donors (Lipinski definition) is 2. The van der Waals surface area contributed by atoms with Gasteiger partial charge in [-0.05, 0) is 51.7 Å². The average molecular weight is 240 g/mol. The Labute approximate surface area is 106 Å². The van der Waals surface area contributed by atoms with Gasteiger partial charge >= 0.3 is 0 Å². The van der Waals surface area contributed by atoms with E-state index in [-0.39, 0.29) is 5.54 Å². The summed E-state index contributed by atoms with van der Waals surface area (Å²) in [7, 11) is 0. The predicted octanol–water partition coefficient (Wildman–Crippen LogP) is 1.76. The lowest BCUT2D eigenvalue weighted by atomic mass is 9.98. The third kappa shape index (κ3) is 3.21. The monoisotopic (exact) mass is 240 g/mol. The van der Waals surface area contributed by atoms with Crippen molar-refractivity contribution in [2.45, 2.75) is 63.5 Å². The molecule has 2 N–H and O–H groups in total. The van der Waals surface area contributed by atoms with Crippen LogP contribution in [0.15, 0.2) is 0 Å². The third-order valence-corrected chi connectivity index (χ3v) is 4.59. The number of rotatable bonds is 4. The molecule has 0 radical (unpaired) electrons. The quantitative estimate of drug-likeness (QED) is 0.786. The topological polar surface area (TPSA) is 35.5 Å². The van der Waals surface area contributed by atoms with Gasteiger partial charge in [-0.3, -0.25) is 0 Å². The van der Waals surface area contributed by atoms with Crippen molar-refractivity contribution in [3.63, 3.8) is 0 Å². The number of aliphatic hydroxyl groups excluding tert-OH is 1. The maximum absolute atomic E-state index is 9.64. The molecule has 3 heteroatoms. The van der Waals surface area contributed by atoms with Gasteiger partial charge in [0.1, 0.15) is 0 Å². The van der Waals surface area contributed by atoms with Gasteiger partial charge in [0.05, 0.1) is 6.61 Å². The van der Waals surface area contributed by atoms with Gasteiger partial charge in [0.25, 0.3) is 0 Å². The highest BCUT2D eigenvalue weighted by Gasteiger charge is 2.40. The van der Waals surface area contributed by atoms with Crippen molar-refractivity contribution in [3.05, 3.63) is 0 Å². The lowest BCUT2D eigenvalue weighted by Crippen LogP contribution is -2.48. The predicted molar refractivity (Wildman–Crippen MR) is 71.2 cm³/mol. The lowest BCUT2D eigenvalue weighted by molar-refractivity contribution is 0.145. The Morgan fingerprint density at radius 2 is 1.94 bits per heavy atom. The molecule has 0 aromatic rings. The first-order valence-electron chi connectivity index (χ1n) is 7.39. The van der Waals surface area contributed by atoms with Gasteiger partial charge in [-0.1, -0.05) is 19.8 Å². The Bertz CT molecular complexity index is 226. The molecule has 2 unspecified atom stereocenters. The van der Waals surface area contributed by atoms with Crippen molar-refractivity contribution in [2.24, 2.45) is 0 Å². The molecule has 17 heavy (non-hydrogen) atoms. The van der Waals surface area contributed by atoms with Crippen LogP contribution in [0.1, 0.15) is 51.9 Å². The highest BCUT2D eigenvalue weighted by atomic mass is 16.3. The molecule has 1 saturated carbocycles. The number of nitrogens with one attached hydrogen (secondary N) is 1. The molecule has 1 aliphatic heterocycles. The van der Waals surface area contributed by atoms with E-state index in [0.717, 1.165) is 19.4 Å². The summed E-state index contributed by atoms with van der Waals surface area (Å²) in [6, 6.07) is 0.708. The minimum Gasteiger partial charge on any atom is -0.394 e. The Morgan fingerprint density at radius 3 is 2.53 bits per heavy atom.